The number of hydrogen-bond donors (Lipinski definition) is 1. The van der Waals surface area contributed by atoms with E-state index in [0.717, 1.165) is 9.21 Å². The lowest BCUT2D eigenvalue weighted by Gasteiger charge is -2.13. The molecule has 0 radical (unpaired) electrons. The quantitative estimate of drug-likeness (QED) is 0.878. The normalized spacial score (nSPS) is 14.2. The molecule has 0 aromatic carbocycles. The van der Waals surface area contributed by atoms with Crippen LogP contribution >= 0.6 is 22.9 Å². The Bertz CT molecular complexity index is 454. The monoisotopic (exact) mass is 295 g/mol. The molecule has 0 amide bonds. The van der Waals surface area contributed by atoms with Crippen LogP contribution in [-0.4, -0.2) is 26.0 Å². The topological polar surface area (TPSA) is 46.2 Å². The van der Waals surface area contributed by atoms with E-state index in [1.807, 2.05) is 19.1 Å². The average molecular weight is 296 g/mol. The Kier molecular flexibility index (Phi) is 5.44. The molecule has 0 bridgehead atoms. The van der Waals surface area contributed by atoms with Crippen molar-refractivity contribution >= 4 is 32.8 Å². The Morgan fingerprint density at radius 3 is 2.47 bits per heavy atom. The lowest BCUT2D eigenvalue weighted by atomic mass is 10.3. The van der Waals surface area contributed by atoms with E-state index in [1.54, 1.807) is 13.8 Å². The number of nitrogens with one attached hydrogen (secondary N) is 1. The second-order valence-electron chi connectivity index (χ2n) is 4.23. The van der Waals surface area contributed by atoms with Crippen LogP contribution in [0.2, 0.25) is 4.34 Å². The van der Waals surface area contributed by atoms with Crippen molar-refractivity contribution in [3.63, 3.8) is 0 Å². The zero-order valence-electron chi connectivity index (χ0n) is 10.2. The molecule has 17 heavy (non-hydrogen) atoms. The summed E-state index contributed by atoms with van der Waals surface area (Å²) in [7, 11) is -2.96. The molecule has 0 spiro atoms. The fourth-order valence-corrected chi connectivity index (χ4v) is 3.28. The second kappa shape index (κ2) is 6.18. The third kappa shape index (κ3) is 4.58. The highest BCUT2D eigenvalue weighted by molar-refractivity contribution is 7.92. The van der Waals surface area contributed by atoms with Crippen molar-refractivity contribution < 1.29 is 8.42 Å². The van der Waals surface area contributed by atoms with E-state index in [0.29, 0.717) is 6.54 Å². The molecule has 1 heterocycles. The third-order valence-corrected chi connectivity index (χ3v) is 6.20. The lowest BCUT2D eigenvalue weighted by Crippen LogP contribution is -2.28. The number of sulfone groups is 1. The minimum Gasteiger partial charge on any atom is -0.308 e. The van der Waals surface area contributed by atoms with Crippen LogP contribution in [-0.2, 0) is 9.84 Å². The van der Waals surface area contributed by atoms with Crippen molar-refractivity contribution in [1.82, 2.24) is 5.32 Å². The fraction of sp³-hybridized carbons (Fsp3) is 0.636. The first-order chi connectivity index (χ1) is 7.83. The fourth-order valence-electron chi connectivity index (χ4n) is 1.31. The van der Waals surface area contributed by atoms with E-state index in [-0.39, 0.29) is 17.0 Å². The van der Waals surface area contributed by atoms with Gasteiger partial charge >= 0.3 is 0 Å². The molecule has 0 aliphatic heterocycles. The third-order valence-electron chi connectivity index (χ3n) is 2.58. The minimum absolute atomic E-state index is 0.134. The summed E-state index contributed by atoms with van der Waals surface area (Å²) < 4.78 is 23.9. The van der Waals surface area contributed by atoms with Crippen LogP contribution in [0.1, 0.15) is 31.7 Å². The van der Waals surface area contributed by atoms with Gasteiger partial charge in [0.15, 0.2) is 9.84 Å². The Balaban J connectivity index is 2.42. The molecule has 6 heteroatoms. The van der Waals surface area contributed by atoms with Crippen LogP contribution in [0.4, 0.5) is 0 Å². The molecule has 3 nitrogen and oxygen atoms in total. The molecule has 0 aliphatic carbocycles. The van der Waals surface area contributed by atoms with Crippen LogP contribution < -0.4 is 5.32 Å². The van der Waals surface area contributed by atoms with Crippen molar-refractivity contribution in [1.29, 1.82) is 0 Å². The summed E-state index contributed by atoms with van der Waals surface area (Å²) in [6.45, 7) is 5.89. The largest absolute Gasteiger partial charge is 0.308 e. The highest BCUT2D eigenvalue weighted by atomic mass is 35.5. The van der Waals surface area contributed by atoms with Gasteiger partial charge in [0, 0.05) is 17.5 Å². The summed E-state index contributed by atoms with van der Waals surface area (Å²) in [5.41, 5.74) is 0. The first-order valence-corrected chi connectivity index (χ1v) is 8.44. The zero-order chi connectivity index (χ0) is 13.1. The number of halogens is 1. The van der Waals surface area contributed by atoms with Crippen molar-refractivity contribution in [2.45, 2.75) is 32.1 Å². The molecule has 0 aliphatic rings. The van der Waals surface area contributed by atoms with Gasteiger partial charge in [-0.2, -0.15) is 0 Å². The molecular formula is C11H18ClNO2S2. The minimum atomic E-state index is -2.96. The molecule has 0 fully saturated rings. The SMILES string of the molecule is CC(NCCS(=O)(=O)C(C)C)c1ccc(Cl)s1. The van der Waals surface area contributed by atoms with Gasteiger partial charge in [-0.1, -0.05) is 11.6 Å². The van der Waals surface area contributed by atoms with Gasteiger partial charge in [-0.05, 0) is 32.9 Å². The van der Waals surface area contributed by atoms with Crippen molar-refractivity contribution in [2.24, 2.45) is 0 Å². The standard InChI is InChI=1S/C11H18ClNO2S2/c1-8(2)17(14,15)7-6-13-9(3)10-4-5-11(12)16-10/h4-5,8-9,13H,6-7H2,1-3H3. The van der Waals surface area contributed by atoms with Gasteiger partial charge in [0.05, 0.1) is 15.3 Å². The van der Waals surface area contributed by atoms with Crippen molar-refractivity contribution in [2.75, 3.05) is 12.3 Å². The molecule has 1 unspecified atom stereocenters. The molecule has 0 saturated carbocycles. The molecular weight excluding hydrogens is 278 g/mol. The van der Waals surface area contributed by atoms with Crippen molar-refractivity contribution in [3.05, 3.63) is 21.3 Å². The summed E-state index contributed by atoms with van der Waals surface area (Å²) in [6.07, 6.45) is 0. The van der Waals surface area contributed by atoms with E-state index in [2.05, 4.69) is 5.32 Å². The molecule has 1 aromatic heterocycles. The maximum Gasteiger partial charge on any atom is 0.153 e. The van der Waals surface area contributed by atoms with E-state index < -0.39 is 9.84 Å². The van der Waals surface area contributed by atoms with Gasteiger partial charge in [-0.25, -0.2) is 8.42 Å². The summed E-state index contributed by atoms with van der Waals surface area (Å²) in [6, 6.07) is 3.95. The van der Waals surface area contributed by atoms with Crippen LogP contribution in [0, 0.1) is 0 Å². The van der Waals surface area contributed by atoms with Gasteiger partial charge in [-0.3, -0.25) is 0 Å². The molecule has 1 aromatic rings. The van der Waals surface area contributed by atoms with Gasteiger partial charge in [0.2, 0.25) is 0 Å². The van der Waals surface area contributed by atoms with Crippen LogP contribution in [0.25, 0.3) is 0 Å². The first-order valence-electron chi connectivity index (χ1n) is 5.53. The van der Waals surface area contributed by atoms with Crippen molar-refractivity contribution in [3.8, 4) is 0 Å². The summed E-state index contributed by atoms with van der Waals surface area (Å²) in [5, 5.41) is 2.89. The molecule has 0 saturated heterocycles. The molecule has 1 N–H and O–H groups in total. The Morgan fingerprint density at radius 2 is 2.00 bits per heavy atom. The second-order valence-corrected chi connectivity index (χ2v) is 8.66. The van der Waals surface area contributed by atoms with E-state index in [1.165, 1.54) is 11.3 Å². The average Bonchev–Trinajstić information content (AvgIpc) is 2.64. The highest BCUT2D eigenvalue weighted by Crippen LogP contribution is 2.26. The smallest absolute Gasteiger partial charge is 0.153 e. The molecule has 1 rings (SSSR count). The van der Waals surface area contributed by atoms with E-state index in [9.17, 15) is 8.42 Å². The number of thiophene rings is 1. The van der Waals surface area contributed by atoms with Gasteiger partial charge in [0.1, 0.15) is 0 Å². The van der Waals surface area contributed by atoms with Gasteiger partial charge in [-0.15, -0.1) is 11.3 Å². The van der Waals surface area contributed by atoms with E-state index in [4.69, 9.17) is 11.6 Å². The van der Waals surface area contributed by atoms with E-state index >= 15 is 0 Å². The van der Waals surface area contributed by atoms with Gasteiger partial charge in [0.25, 0.3) is 0 Å². The first kappa shape index (κ1) is 15.0. The number of hydrogen-bond acceptors (Lipinski definition) is 4. The lowest BCUT2D eigenvalue weighted by molar-refractivity contribution is 0.569. The summed E-state index contributed by atoms with van der Waals surface area (Å²) >= 11 is 7.36. The van der Waals surface area contributed by atoms with Gasteiger partial charge < -0.3 is 5.32 Å². The predicted molar refractivity (Wildman–Crippen MR) is 74.7 cm³/mol. The zero-order valence-corrected chi connectivity index (χ0v) is 12.6. The maximum absolute atomic E-state index is 11.6. The predicted octanol–water partition coefficient (Wildman–Crippen LogP) is 2.88. The Labute approximate surface area is 112 Å². The molecule has 1 atom stereocenters. The summed E-state index contributed by atoms with van der Waals surface area (Å²) in [4.78, 5) is 1.12. The van der Waals surface area contributed by atoms with Crippen LogP contribution in [0.15, 0.2) is 12.1 Å². The maximum atomic E-state index is 11.6. The number of rotatable bonds is 6. The molecule has 98 valence electrons. The van der Waals surface area contributed by atoms with Crippen LogP contribution in [0.5, 0.6) is 0 Å². The Morgan fingerprint density at radius 1 is 1.35 bits per heavy atom. The van der Waals surface area contributed by atoms with Crippen LogP contribution in [0.3, 0.4) is 0 Å². The summed E-state index contributed by atoms with van der Waals surface area (Å²) in [5.74, 6) is 0.175. The Hall–Kier alpha value is -0.100. The highest BCUT2D eigenvalue weighted by Gasteiger charge is 2.16.